The summed E-state index contributed by atoms with van der Waals surface area (Å²) in [6.07, 6.45) is 0. The van der Waals surface area contributed by atoms with E-state index >= 15 is 0 Å². The second kappa shape index (κ2) is 5.54. The third-order valence-corrected chi connectivity index (χ3v) is 4.92. The highest BCUT2D eigenvalue weighted by Crippen LogP contribution is 2.43. The van der Waals surface area contributed by atoms with Crippen LogP contribution in [0, 0.1) is 0 Å². The second-order valence-corrected chi connectivity index (χ2v) is 6.86. The Kier molecular flexibility index (Phi) is 3.45. The lowest BCUT2D eigenvalue weighted by atomic mass is 9.99. The van der Waals surface area contributed by atoms with Crippen molar-refractivity contribution in [1.82, 2.24) is 20.6 Å². The summed E-state index contributed by atoms with van der Waals surface area (Å²) in [6, 6.07) is 7.20. The number of fused-ring (bicyclic) bond motifs is 3. The molecule has 0 saturated carbocycles. The Bertz CT molecular complexity index is 1000. The standard InChI is InChI=1S/C17H15N5O2S/c1-22(2)21-17(24)12-9(18)6-5-8-11(12)16(23)13-14(8)19-20-15(13)10-4-3-7-25-10/h3-7H,18H2,1-2H3,(H,19,20)(H,21,24). The molecule has 2 aromatic heterocycles. The number of ketones is 1. The monoisotopic (exact) mass is 353 g/mol. The van der Waals surface area contributed by atoms with Crippen molar-refractivity contribution in [1.29, 1.82) is 0 Å². The van der Waals surface area contributed by atoms with Crippen LogP contribution in [0.2, 0.25) is 0 Å². The van der Waals surface area contributed by atoms with Gasteiger partial charge in [-0.1, -0.05) is 6.07 Å². The van der Waals surface area contributed by atoms with Gasteiger partial charge in [-0.05, 0) is 23.6 Å². The van der Waals surface area contributed by atoms with Crippen LogP contribution in [0.5, 0.6) is 0 Å². The number of nitrogens with two attached hydrogens (primary N) is 1. The predicted octanol–water partition coefficient (Wildman–Crippen LogP) is 2.14. The van der Waals surface area contributed by atoms with Crippen LogP contribution in [-0.2, 0) is 0 Å². The number of hydrogen-bond acceptors (Lipinski definition) is 6. The van der Waals surface area contributed by atoms with Crippen LogP contribution in [0.3, 0.4) is 0 Å². The number of aromatic amines is 1. The van der Waals surface area contributed by atoms with Crippen molar-refractivity contribution in [2.24, 2.45) is 0 Å². The van der Waals surface area contributed by atoms with E-state index in [0.29, 0.717) is 28.1 Å². The first-order chi connectivity index (χ1) is 12.0. The molecule has 0 aliphatic heterocycles. The van der Waals surface area contributed by atoms with E-state index in [1.165, 1.54) is 16.3 Å². The quantitative estimate of drug-likeness (QED) is 0.387. The highest BCUT2D eigenvalue weighted by atomic mass is 32.1. The number of nitrogens with one attached hydrogen (secondary N) is 2. The van der Waals surface area contributed by atoms with Gasteiger partial charge in [0.2, 0.25) is 0 Å². The van der Waals surface area contributed by atoms with Gasteiger partial charge in [-0.3, -0.25) is 20.1 Å². The molecule has 4 N–H and O–H groups in total. The van der Waals surface area contributed by atoms with E-state index in [2.05, 4.69) is 15.6 Å². The Labute approximate surface area is 147 Å². The van der Waals surface area contributed by atoms with Gasteiger partial charge in [0.15, 0.2) is 5.78 Å². The van der Waals surface area contributed by atoms with Crippen molar-refractivity contribution in [3.05, 3.63) is 46.3 Å². The van der Waals surface area contributed by atoms with Crippen molar-refractivity contribution < 1.29 is 9.59 Å². The summed E-state index contributed by atoms with van der Waals surface area (Å²) in [5.74, 6) is -0.655. The van der Waals surface area contributed by atoms with Gasteiger partial charge in [0.25, 0.3) is 5.91 Å². The third kappa shape index (κ3) is 2.26. The van der Waals surface area contributed by atoms with Crippen LogP contribution >= 0.6 is 11.3 Å². The number of aromatic nitrogens is 2. The molecule has 0 fully saturated rings. The first kappa shape index (κ1) is 15.6. The van der Waals surface area contributed by atoms with Crippen LogP contribution in [0.25, 0.3) is 21.8 Å². The van der Waals surface area contributed by atoms with Gasteiger partial charge >= 0.3 is 0 Å². The summed E-state index contributed by atoms with van der Waals surface area (Å²) in [5, 5.41) is 10.7. The lowest BCUT2D eigenvalue weighted by molar-refractivity contribution is 0.0852. The summed E-state index contributed by atoms with van der Waals surface area (Å²) in [7, 11) is 3.39. The number of carbonyl (C=O) groups is 2. The van der Waals surface area contributed by atoms with Gasteiger partial charge in [0, 0.05) is 30.9 Å². The number of thiophene rings is 1. The molecule has 0 bridgehead atoms. The zero-order valence-electron chi connectivity index (χ0n) is 13.6. The Morgan fingerprint density at radius 3 is 2.76 bits per heavy atom. The summed E-state index contributed by atoms with van der Waals surface area (Å²) in [5.41, 5.74) is 11.8. The molecule has 0 saturated heterocycles. The van der Waals surface area contributed by atoms with Crippen molar-refractivity contribution in [2.45, 2.75) is 0 Å². The molecule has 126 valence electrons. The maximum atomic E-state index is 13.1. The molecule has 0 radical (unpaired) electrons. The van der Waals surface area contributed by atoms with Gasteiger partial charge < -0.3 is 5.73 Å². The molecule has 1 amide bonds. The van der Waals surface area contributed by atoms with Gasteiger partial charge in [0.1, 0.15) is 5.69 Å². The number of hydrazine groups is 1. The molecule has 1 aliphatic rings. The van der Waals surface area contributed by atoms with Crippen LogP contribution in [-0.4, -0.2) is 41.0 Å². The average Bonchev–Trinajstić information content (AvgIpc) is 3.25. The number of rotatable bonds is 3. The number of hydrogen-bond donors (Lipinski definition) is 3. The van der Waals surface area contributed by atoms with Gasteiger partial charge in [-0.2, -0.15) is 5.10 Å². The molecular formula is C17H15N5O2S. The molecule has 7 nitrogen and oxygen atoms in total. The zero-order chi connectivity index (χ0) is 17.7. The molecule has 8 heteroatoms. The van der Waals surface area contributed by atoms with Gasteiger partial charge in [-0.15, -0.1) is 11.3 Å². The Morgan fingerprint density at radius 2 is 2.08 bits per heavy atom. The van der Waals surface area contributed by atoms with Crippen LogP contribution in [0.4, 0.5) is 5.69 Å². The lowest BCUT2D eigenvalue weighted by Crippen LogP contribution is -2.37. The van der Waals surface area contributed by atoms with E-state index in [-0.39, 0.29) is 17.0 Å². The molecule has 0 atom stereocenters. The first-order valence-corrected chi connectivity index (χ1v) is 8.45. The first-order valence-electron chi connectivity index (χ1n) is 7.57. The van der Waals surface area contributed by atoms with E-state index < -0.39 is 5.91 Å². The highest BCUT2D eigenvalue weighted by molar-refractivity contribution is 7.13. The molecule has 25 heavy (non-hydrogen) atoms. The summed E-state index contributed by atoms with van der Waals surface area (Å²) < 4.78 is 0. The molecule has 4 rings (SSSR count). The normalized spacial score (nSPS) is 12.4. The molecule has 1 aliphatic carbocycles. The molecule has 0 spiro atoms. The Hall–Kier alpha value is -2.97. The summed E-state index contributed by atoms with van der Waals surface area (Å²) >= 11 is 1.52. The zero-order valence-corrected chi connectivity index (χ0v) is 14.4. The number of anilines is 1. The average molecular weight is 353 g/mol. The largest absolute Gasteiger partial charge is 0.398 e. The second-order valence-electron chi connectivity index (χ2n) is 5.92. The smallest absolute Gasteiger partial charge is 0.268 e. The summed E-state index contributed by atoms with van der Waals surface area (Å²) in [6.45, 7) is 0. The maximum Gasteiger partial charge on any atom is 0.268 e. The number of H-pyrrole nitrogens is 1. The van der Waals surface area contributed by atoms with Crippen molar-refractivity contribution in [3.8, 4) is 21.8 Å². The van der Waals surface area contributed by atoms with Crippen LogP contribution in [0.15, 0.2) is 29.6 Å². The van der Waals surface area contributed by atoms with Crippen molar-refractivity contribution in [3.63, 3.8) is 0 Å². The number of nitrogen functional groups attached to an aromatic ring is 1. The SMILES string of the molecule is CN(C)NC(=O)c1c(N)ccc2c1C(=O)c1c-2n[nH]c1-c1cccs1. The number of nitrogens with zero attached hydrogens (tertiary/aromatic N) is 2. The number of amides is 1. The Morgan fingerprint density at radius 1 is 1.28 bits per heavy atom. The summed E-state index contributed by atoms with van der Waals surface area (Å²) in [4.78, 5) is 26.6. The van der Waals surface area contributed by atoms with E-state index in [0.717, 1.165) is 4.88 Å². The lowest BCUT2D eigenvalue weighted by Gasteiger charge is -2.15. The topological polar surface area (TPSA) is 104 Å². The highest BCUT2D eigenvalue weighted by Gasteiger charge is 2.37. The number of carbonyl (C=O) groups excluding carboxylic acids is 2. The number of benzene rings is 1. The van der Waals surface area contributed by atoms with Crippen molar-refractivity contribution >= 4 is 28.7 Å². The van der Waals surface area contributed by atoms with E-state index in [1.807, 2.05) is 17.5 Å². The van der Waals surface area contributed by atoms with Gasteiger partial charge in [-0.25, -0.2) is 5.01 Å². The molecule has 0 unspecified atom stereocenters. The van der Waals surface area contributed by atoms with E-state index in [1.54, 1.807) is 26.2 Å². The fourth-order valence-corrected chi connectivity index (χ4v) is 3.76. The minimum Gasteiger partial charge on any atom is -0.398 e. The van der Waals surface area contributed by atoms with Crippen LogP contribution < -0.4 is 11.2 Å². The predicted molar refractivity (Wildman–Crippen MR) is 96.3 cm³/mol. The molecule has 1 aromatic carbocycles. The molecule has 2 heterocycles. The third-order valence-electron chi connectivity index (χ3n) is 4.03. The minimum atomic E-state index is -0.417. The van der Waals surface area contributed by atoms with Gasteiger partial charge in [0.05, 0.1) is 21.7 Å². The van der Waals surface area contributed by atoms with Crippen molar-refractivity contribution in [2.75, 3.05) is 19.8 Å². The minimum absolute atomic E-state index is 0.186. The maximum absolute atomic E-state index is 13.1. The van der Waals surface area contributed by atoms with E-state index in [4.69, 9.17) is 5.73 Å². The molecule has 3 aromatic rings. The van der Waals surface area contributed by atoms with Crippen LogP contribution in [0.1, 0.15) is 26.3 Å². The fraction of sp³-hybridized carbons (Fsp3) is 0.118. The molecular weight excluding hydrogens is 338 g/mol. The Balaban J connectivity index is 1.90. The fourth-order valence-electron chi connectivity index (χ4n) is 3.04. The van der Waals surface area contributed by atoms with E-state index in [9.17, 15) is 9.59 Å².